The number of rotatable bonds is 64. The van der Waals surface area contributed by atoms with E-state index >= 15 is 0 Å². The van der Waals surface area contributed by atoms with Crippen molar-refractivity contribution in [3.8, 4) is 0 Å². The van der Waals surface area contributed by atoms with E-state index < -0.39 is 165 Å². The molecule has 6 atom stereocenters. The third kappa shape index (κ3) is 70.7. The number of hydrogen-bond donors (Lipinski definition) is 10. The summed E-state index contributed by atoms with van der Waals surface area (Å²) in [6.45, 7) is 96.6. The van der Waals surface area contributed by atoms with Crippen molar-refractivity contribution in [2.24, 2.45) is 11.5 Å². The minimum Gasteiger partial charge on any atom is -1.00 e. The second-order valence-electron chi connectivity index (χ2n) is 45.0. The Kier molecular flexibility index (Phi) is 56.6. The van der Waals surface area contributed by atoms with Gasteiger partial charge in [-0.15, -0.1) is 0 Å². The standard InChI is InChI=1S/C38H98N5O9Si9.C36H96N5O9Si9.2ClH/c1-36(30-39)31-40-26-24-28-60(22,49-55(12,13)45-53(6,7)8)51-58(18,19)47-57(16,17)48-59(20,21)52-61(23,50-56(14,15)46-54(9,10)11)29-25-27-41-32-37(2)33-42-34-38(44)35-43(3,4)5;1-34(29-37)30-38-25-27-58(23,47-53(13,14)43-51(7,8)9)49-56(19,20)45-55(17,18)46-57(21,22)50-59(24,48-54(15,16)44-52(10,11)12)28-26-39-33-36(2,3)40-31-35(42)32-41(4,5)6;;/h30,33,38,40-42,44H,24-29,31-32,34-35,39H2,1-23H3;29,35,38-40,42H,25-28,30-33,37H2,1-24H3;2*1H/q2*+1;;/p-2/b36-30-,37-33-;34-29-;;. The van der Waals surface area contributed by atoms with Crippen molar-refractivity contribution < 1.29 is 110 Å². The predicted molar refractivity (Wildman–Crippen MR) is 550 cm³/mol. The highest BCUT2D eigenvalue weighted by atomic mass is 35.5. The number of likely N-dealkylation sites (N-methyl/N-ethyl adjacent to an activating group) is 2. The van der Waals surface area contributed by atoms with E-state index in [1.165, 1.54) is 5.57 Å². The van der Waals surface area contributed by atoms with Crippen LogP contribution in [-0.4, -0.2) is 311 Å². The summed E-state index contributed by atoms with van der Waals surface area (Å²) < 4.78 is 113. The van der Waals surface area contributed by atoms with Crippen LogP contribution in [0.15, 0.2) is 35.3 Å². The van der Waals surface area contributed by atoms with Crippen molar-refractivity contribution in [1.82, 2.24) is 31.9 Å². The summed E-state index contributed by atoms with van der Waals surface area (Å²) in [5, 5.41) is 42.0. The summed E-state index contributed by atoms with van der Waals surface area (Å²) in [6.07, 6.45) is 6.26. The van der Waals surface area contributed by atoms with Crippen LogP contribution >= 0.6 is 0 Å². The molecular formula is C74H194Cl2N10O18Si18. The van der Waals surface area contributed by atoms with E-state index in [9.17, 15) is 10.2 Å². The van der Waals surface area contributed by atoms with Crippen LogP contribution in [0.4, 0.5) is 0 Å². The number of hydrogen-bond acceptors (Lipinski definition) is 26. The fourth-order valence-corrected chi connectivity index (χ4v) is 105. The van der Waals surface area contributed by atoms with Gasteiger partial charge in [-0.2, -0.15) is 0 Å². The SMILES string of the molecule is C/C(=C/N)CNCCC[Si](C)(O[Si](C)(C)O[Si](C)(C)C)O[Si](C)(C)O[Si](C)(C)O[Si](C)(C)O[Si](C)(CCCNC/C(C)=C\NCC(O)C[N+](C)(C)C)O[Si](C)(C)O[Si](C)(C)C.C/C(=C/N)CNCC[Si](C)(O[Si](C)(C)O[Si](C)(C)C)O[Si](C)(C)O[Si](C)(C)O[Si](C)(C)O[Si](C)(CCNCC(C)(C)NCC(O)C[N+](C)(C)C)O[Si](C)(C)O[Si](C)(C)C.[Cl-].[Cl-]. The normalized spacial score (nSPS) is 17.1. The molecule has 0 spiro atoms. The first-order chi connectivity index (χ1) is 53.0. The minimum atomic E-state index is -2.87. The summed E-state index contributed by atoms with van der Waals surface area (Å²) in [5.41, 5.74) is 14.6. The molecule has 0 saturated heterocycles. The van der Waals surface area contributed by atoms with Crippen molar-refractivity contribution >= 4 is 153 Å². The van der Waals surface area contributed by atoms with Crippen LogP contribution in [0.5, 0.6) is 0 Å². The first-order valence-corrected chi connectivity index (χ1v) is 95.8. The van der Waals surface area contributed by atoms with E-state index in [1.807, 2.05) is 20.0 Å². The van der Waals surface area contributed by atoms with Gasteiger partial charge in [-0.25, -0.2) is 0 Å². The minimum absolute atomic E-state index is 0. The van der Waals surface area contributed by atoms with Gasteiger partial charge in [0.25, 0.3) is 0 Å². The van der Waals surface area contributed by atoms with E-state index in [0.29, 0.717) is 43.8 Å². The molecule has 0 aromatic heterocycles. The number of nitrogens with one attached hydrogen (secondary N) is 6. The summed E-state index contributed by atoms with van der Waals surface area (Å²) in [7, 11) is -33.2. The predicted octanol–water partition coefficient (Wildman–Crippen LogP) is 8.75. The largest absolute Gasteiger partial charge is 1.00 e. The molecule has 0 aliphatic heterocycles. The van der Waals surface area contributed by atoms with Gasteiger partial charge < -0.3 is 153 Å². The highest BCUT2D eigenvalue weighted by Gasteiger charge is 2.55. The van der Waals surface area contributed by atoms with Crippen LogP contribution in [0.2, 0.25) is 260 Å². The Labute approximate surface area is 781 Å². The van der Waals surface area contributed by atoms with Crippen LogP contribution in [0.1, 0.15) is 47.5 Å². The molecule has 12 N–H and O–H groups in total. The molecule has 0 saturated carbocycles. The smallest absolute Gasteiger partial charge is 0.318 e. The maximum absolute atomic E-state index is 10.6. The summed E-state index contributed by atoms with van der Waals surface area (Å²) in [5.74, 6) is 0. The van der Waals surface area contributed by atoms with E-state index in [2.05, 4.69) is 331 Å². The number of quaternary nitrogens is 2. The average Bonchev–Trinajstić information content (AvgIpc) is 0.731. The van der Waals surface area contributed by atoms with Crippen molar-refractivity contribution in [2.75, 3.05) is 121 Å². The van der Waals surface area contributed by atoms with E-state index in [4.69, 9.17) is 77.3 Å². The summed E-state index contributed by atoms with van der Waals surface area (Å²) in [4.78, 5) is 0. The zero-order valence-corrected chi connectivity index (χ0v) is 106. The van der Waals surface area contributed by atoms with Crippen LogP contribution in [0.3, 0.4) is 0 Å². The Morgan fingerprint density at radius 1 is 0.320 bits per heavy atom. The van der Waals surface area contributed by atoms with Crippen molar-refractivity contribution in [3.63, 3.8) is 0 Å². The lowest BCUT2D eigenvalue weighted by Crippen LogP contribution is -3.00. The molecule has 48 heteroatoms. The van der Waals surface area contributed by atoms with Gasteiger partial charge in [0.05, 0.1) is 42.3 Å². The lowest BCUT2D eigenvalue weighted by molar-refractivity contribution is -0.873. The zero-order chi connectivity index (χ0) is 94.8. The molecule has 0 heterocycles. The molecule has 0 aliphatic rings. The van der Waals surface area contributed by atoms with E-state index in [-0.39, 0.29) is 30.4 Å². The maximum Gasteiger partial charge on any atom is 0.318 e. The Balaban J connectivity index is -0.00000112. The molecule has 0 rings (SSSR count). The molecule has 0 aliphatic carbocycles. The van der Waals surface area contributed by atoms with Gasteiger partial charge in [0.2, 0.25) is 0 Å². The van der Waals surface area contributed by atoms with Gasteiger partial charge in [-0.05, 0) is 357 Å². The average molecular weight is 2090 g/mol. The van der Waals surface area contributed by atoms with Crippen molar-refractivity contribution in [3.05, 3.63) is 35.3 Å². The topological polar surface area (TPSA) is 312 Å². The summed E-state index contributed by atoms with van der Waals surface area (Å²) >= 11 is 0. The Bertz CT molecular complexity index is 3070. The molecule has 0 aromatic carbocycles. The van der Waals surface area contributed by atoms with Crippen LogP contribution in [-0.2, 0) is 65.8 Å². The monoisotopic (exact) mass is 2080 g/mol. The van der Waals surface area contributed by atoms with Crippen molar-refractivity contribution in [1.29, 1.82) is 0 Å². The van der Waals surface area contributed by atoms with Gasteiger partial charge >= 0.3 is 120 Å². The second-order valence-corrected chi connectivity index (χ2v) is 114. The van der Waals surface area contributed by atoms with Gasteiger partial charge in [0.1, 0.15) is 25.3 Å². The molecule has 6 unspecified atom stereocenters. The molecule has 734 valence electrons. The molecule has 28 nitrogen and oxygen atoms in total. The third-order valence-corrected chi connectivity index (χ3v) is 84.5. The Morgan fingerprint density at radius 2 is 0.541 bits per heavy atom. The number of nitrogens with two attached hydrogens (primary N) is 2. The molecule has 0 aromatic rings. The molecule has 0 bridgehead atoms. The van der Waals surface area contributed by atoms with Gasteiger partial charge in [-0.3, -0.25) is 0 Å². The van der Waals surface area contributed by atoms with Crippen LogP contribution in [0, 0.1) is 0 Å². The van der Waals surface area contributed by atoms with E-state index in [1.54, 1.807) is 12.4 Å². The van der Waals surface area contributed by atoms with Gasteiger partial charge in [-0.1, -0.05) is 0 Å². The molecular weight excluding hydrogens is 1890 g/mol. The zero-order valence-electron chi connectivity index (χ0n) is 86.8. The fraction of sp³-hybridized carbons (Fsp3) is 0.919. The lowest BCUT2D eigenvalue weighted by atomic mass is 10.1. The number of β-amino-alcohol motifs (C(OH)–C–C–N with tert-alkyl or cyclic N) is 1. The highest BCUT2D eigenvalue weighted by molar-refractivity contribution is 6.95. The maximum atomic E-state index is 10.6. The number of nitrogens with zero attached hydrogens (tertiary/aromatic N) is 2. The fourth-order valence-electron chi connectivity index (χ4n) is 15.5. The lowest BCUT2D eigenvalue weighted by Gasteiger charge is -2.45. The first kappa shape index (κ1) is 130. The molecule has 0 amide bonds. The molecule has 0 radical (unpaired) electrons. The van der Waals surface area contributed by atoms with Crippen LogP contribution in [0.25, 0.3) is 0 Å². The van der Waals surface area contributed by atoms with Gasteiger partial charge in [0, 0.05) is 56.9 Å². The second kappa shape index (κ2) is 53.0. The Morgan fingerprint density at radius 3 is 0.795 bits per heavy atom. The quantitative estimate of drug-likeness (QED) is 0.0154. The molecule has 0 fully saturated rings. The molecule has 122 heavy (non-hydrogen) atoms. The van der Waals surface area contributed by atoms with Crippen LogP contribution < -0.4 is 68.2 Å². The number of aliphatic hydroxyl groups is 2. The number of aliphatic hydroxyl groups excluding tert-OH is 2. The van der Waals surface area contributed by atoms with E-state index in [0.717, 1.165) is 91.9 Å². The number of halogens is 2. The highest BCUT2D eigenvalue weighted by Crippen LogP contribution is 2.36. The Hall–Kier alpha value is 2.10. The first-order valence-electron chi connectivity index (χ1n) is 43.9. The third-order valence-electron chi connectivity index (χ3n) is 16.7. The van der Waals surface area contributed by atoms with Crippen molar-refractivity contribution in [2.45, 2.75) is 325 Å². The summed E-state index contributed by atoms with van der Waals surface area (Å²) in [6, 6.07) is 3.07. The van der Waals surface area contributed by atoms with Gasteiger partial charge in [0.15, 0.2) is 33.3 Å².